The van der Waals surface area contributed by atoms with Crippen LogP contribution < -0.4 is 5.32 Å². The van der Waals surface area contributed by atoms with E-state index in [0.29, 0.717) is 37.2 Å². The summed E-state index contributed by atoms with van der Waals surface area (Å²) in [5, 5.41) is 2.94. The Balaban J connectivity index is 1.36. The number of nitrogens with zero attached hydrogens (tertiary/aromatic N) is 2. The van der Waals surface area contributed by atoms with E-state index in [4.69, 9.17) is 0 Å². The Bertz CT molecular complexity index is 1070. The quantitative estimate of drug-likeness (QED) is 0.702. The van der Waals surface area contributed by atoms with E-state index in [2.05, 4.69) is 5.32 Å². The van der Waals surface area contributed by atoms with Gasteiger partial charge in [-0.3, -0.25) is 9.59 Å². The van der Waals surface area contributed by atoms with Crippen molar-refractivity contribution in [1.82, 2.24) is 9.21 Å². The third kappa shape index (κ3) is 5.81. The minimum atomic E-state index is -3.42. The van der Waals surface area contributed by atoms with Crippen molar-refractivity contribution >= 4 is 27.5 Å². The van der Waals surface area contributed by atoms with Crippen molar-refractivity contribution in [1.29, 1.82) is 0 Å². The fraction of sp³-hybridized carbons (Fsp3) is 0.440. The molecule has 0 aromatic heterocycles. The average molecular weight is 470 g/mol. The maximum Gasteiger partial charge on any atom is 0.255 e. The molecule has 0 saturated carbocycles. The van der Waals surface area contributed by atoms with E-state index in [9.17, 15) is 18.0 Å². The zero-order valence-corrected chi connectivity index (χ0v) is 19.6. The van der Waals surface area contributed by atoms with Crippen LogP contribution in [0.2, 0.25) is 0 Å². The molecule has 2 aromatic carbocycles. The summed E-state index contributed by atoms with van der Waals surface area (Å²) in [5.41, 5.74) is 1.79. The summed E-state index contributed by atoms with van der Waals surface area (Å²) in [6.07, 6.45) is 4.07. The van der Waals surface area contributed by atoms with Crippen molar-refractivity contribution in [2.45, 2.75) is 37.9 Å². The highest BCUT2D eigenvalue weighted by Gasteiger charge is 2.32. The minimum absolute atomic E-state index is 0.0311. The maximum atomic E-state index is 13.0. The third-order valence-corrected chi connectivity index (χ3v) is 8.32. The molecule has 33 heavy (non-hydrogen) atoms. The summed E-state index contributed by atoms with van der Waals surface area (Å²) >= 11 is 0. The molecular weight excluding hydrogens is 438 g/mol. The summed E-state index contributed by atoms with van der Waals surface area (Å²) in [6, 6.07) is 16.3. The lowest BCUT2D eigenvalue weighted by molar-refractivity contribution is -0.120. The van der Waals surface area contributed by atoms with E-state index in [1.165, 1.54) is 4.31 Å². The Kier molecular flexibility index (Phi) is 7.45. The van der Waals surface area contributed by atoms with Crippen molar-refractivity contribution in [3.63, 3.8) is 0 Å². The molecule has 2 aliphatic rings. The van der Waals surface area contributed by atoms with Gasteiger partial charge < -0.3 is 10.2 Å². The van der Waals surface area contributed by atoms with Crippen molar-refractivity contribution < 1.29 is 18.0 Å². The number of rotatable bonds is 6. The highest BCUT2D eigenvalue weighted by atomic mass is 32.2. The number of hydrogen-bond donors (Lipinski definition) is 1. The first-order valence-corrected chi connectivity index (χ1v) is 13.3. The van der Waals surface area contributed by atoms with Gasteiger partial charge in [0.25, 0.3) is 5.91 Å². The fourth-order valence-electron chi connectivity index (χ4n) is 4.55. The van der Waals surface area contributed by atoms with Gasteiger partial charge >= 0.3 is 0 Å². The lowest BCUT2D eigenvalue weighted by Gasteiger charge is -2.31. The first-order valence-electron chi connectivity index (χ1n) is 11.6. The zero-order valence-electron chi connectivity index (χ0n) is 18.8. The van der Waals surface area contributed by atoms with Crippen LogP contribution in [0.15, 0.2) is 54.6 Å². The van der Waals surface area contributed by atoms with Gasteiger partial charge in [-0.05, 0) is 49.8 Å². The number of nitrogens with one attached hydrogen (secondary N) is 1. The molecule has 1 N–H and O–H groups in total. The van der Waals surface area contributed by atoms with E-state index >= 15 is 0 Å². The number of benzene rings is 2. The number of hydrogen-bond acceptors (Lipinski definition) is 4. The van der Waals surface area contributed by atoms with Crippen LogP contribution in [0.3, 0.4) is 0 Å². The van der Waals surface area contributed by atoms with E-state index in [-0.39, 0.29) is 23.5 Å². The van der Waals surface area contributed by atoms with Crippen LogP contribution in [0.5, 0.6) is 0 Å². The van der Waals surface area contributed by atoms with Gasteiger partial charge in [0.2, 0.25) is 15.9 Å². The number of para-hydroxylation sites is 1. The monoisotopic (exact) mass is 469 g/mol. The molecule has 0 spiro atoms. The summed E-state index contributed by atoms with van der Waals surface area (Å²) < 4.78 is 27.0. The fourth-order valence-corrected chi connectivity index (χ4v) is 6.12. The lowest BCUT2D eigenvalue weighted by atomic mass is 9.97. The summed E-state index contributed by atoms with van der Waals surface area (Å²) in [6.45, 7) is 2.14. The molecule has 4 rings (SSSR count). The number of likely N-dealkylation sites (tertiary alicyclic amines) is 1. The average Bonchev–Trinajstić information content (AvgIpc) is 2.85. The molecule has 7 nitrogen and oxygen atoms in total. The zero-order chi connectivity index (χ0) is 23.3. The molecule has 2 aliphatic heterocycles. The van der Waals surface area contributed by atoms with Crippen LogP contribution in [0, 0.1) is 5.92 Å². The van der Waals surface area contributed by atoms with Gasteiger partial charge in [0, 0.05) is 32.1 Å². The molecule has 0 bridgehead atoms. The van der Waals surface area contributed by atoms with Crippen LogP contribution in [0.4, 0.5) is 5.69 Å². The molecule has 0 aliphatic carbocycles. The van der Waals surface area contributed by atoms with Gasteiger partial charge in [0.05, 0.1) is 17.0 Å². The van der Waals surface area contributed by atoms with E-state index in [1.54, 1.807) is 30.3 Å². The first-order chi connectivity index (χ1) is 15.9. The second-order valence-electron chi connectivity index (χ2n) is 8.80. The van der Waals surface area contributed by atoms with Gasteiger partial charge in [0.15, 0.2) is 0 Å². The van der Waals surface area contributed by atoms with Crippen molar-refractivity contribution in [2.24, 2.45) is 5.92 Å². The standard InChI is InChI=1S/C25H31N3O4S/c29-24(26-23-12-6-5-11-22(23)25(30)27-15-7-2-8-16-27)21-13-17-28(18-14-21)33(31,32)19-20-9-3-1-4-10-20/h1,3-6,9-12,21H,2,7-8,13-19H2,(H,26,29). The number of carbonyl (C=O) groups is 2. The van der Waals surface area contributed by atoms with E-state index < -0.39 is 10.0 Å². The smallest absolute Gasteiger partial charge is 0.255 e. The molecule has 2 amide bonds. The third-order valence-electron chi connectivity index (χ3n) is 6.47. The molecule has 8 heteroatoms. The predicted octanol–water partition coefficient (Wildman–Crippen LogP) is 3.49. The number of sulfonamides is 1. The topological polar surface area (TPSA) is 86.8 Å². The lowest BCUT2D eigenvalue weighted by Crippen LogP contribution is -2.42. The molecule has 2 fully saturated rings. The van der Waals surface area contributed by atoms with Gasteiger partial charge in [-0.1, -0.05) is 42.5 Å². The Labute approximate surface area is 195 Å². The molecule has 2 heterocycles. The van der Waals surface area contributed by atoms with Gasteiger partial charge in [-0.25, -0.2) is 12.7 Å². The summed E-state index contributed by atoms with van der Waals surface area (Å²) in [5.74, 6) is -0.524. The molecule has 176 valence electrons. The summed E-state index contributed by atoms with van der Waals surface area (Å²) in [7, 11) is -3.42. The minimum Gasteiger partial charge on any atom is -0.339 e. The van der Waals surface area contributed by atoms with E-state index in [0.717, 1.165) is 37.9 Å². The molecular formula is C25H31N3O4S. The number of piperidine rings is 2. The largest absolute Gasteiger partial charge is 0.339 e. The van der Waals surface area contributed by atoms with Crippen LogP contribution in [0.25, 0.3) is 0 Å². The van der Waals surface area contributed by atoms with Crippen LogP contribution in [-0.2, 0) is 20.6 Å². The van der Waals surface area contributed by atoms with Gasteiger partial charge in [-0.2, -0.15) is 0 Å². The first kappa shape index (κ1) is 23.4. The number of amides is 2. The summed E-state index contributed by atoms with van der Waals surface area (Å²) in [4.78, 5) is 27.8. The molecule has 0 unspecified atom stereocenters. The molecule has 0 radical (unpaired) electrons. The van der Waals surface area contributed by atoms with Crippen molar-refractivity contribution in [3.8, 4) is 0 Å². The predicted molar refractivity (Wildman–Crippen MR) is 128 cm³/mol. The van der Waals surface area contributed by atoms with Gasteiger partial charge in [-0.15, -0.1) is 0 Å². The SMILES string of the molecule is O=C(Nc1ccccc1C(=O)N1CCCCC1)C1CCN(S(=O)(=O)Cc2ccccc2)CC1. The Morgan fingerprint density at radius 1 is 0.848 bits per heavy atom. The van der Waals surface area contributed by atoms with Crippen molar-refractivity contribution in [3.05, 3.63) is 65.7 Å². The highest BCUT2D eigenvalue weighted by molar-refractivity contribution is 7.88. The Morgan fingerprint density at radius 3 is 2.18 bits per heavy atom. The second-order valence-corrected chi connectivity index (χ2v) is 10.8. The van der Waals surface area contributed by atoms with Crippen LogP contribution in [-0.4, -0.2) is 55.6 Å². The molecule has 2 aromatic rings. The number of carbonyl (C=O) groups excluding carboxylic acids is 2. The second kappa shape index (κ2) is 10.5. The highest BCUT2D eigenvalue weighted by Crippen LogP contribution is 2.25. The maximum absolute atomic E-state index is 13.0. The van der Waals surface area contributed by atoms with Gasteiger partial charge in [0.1, 0.15) is 0 Å². The normalized spacial score (nSPS) is 18.1. The van der Waals surface area contributed by atoms with Crippen LogP contribution in [0.1, 0.15) is 48.0 Å². The van der Waals surface area contributed by atoms with Crippen molar-refractivity contribution in [2.75, 3.05) is 31.5 Å². The Hall–Kier alpha value is -2.71. The molecule has 0 atom stereocenters. The number of anilines is 1. The van der Waals surface area contributed by atoms with E-state index in [1.807, 2.05) is 29.2 Å². The van der Waals surface area contributed by atoms with Crippen LogP contribution >= 0.6 is 0 Å². The molecule has 2 saturated heterocycles. The Morgan fingerprint density at radius 2 is 1.48 bits per heavy atom.